The maximum atomic E-state index is 12.1. The van der Waals surface area contributed by atoms with Gasteiger partial charge >= 0.3 is 0 Å². The van der Waals surface area contributed by atoms with Crippen LogP contribution in [0, 0.1) is 17.2 Å². The predicted molar refractivity (Wildman–Crippen MR) is 81.7 cm³/mol. The summed E-state index contributed by atoms with van der Waals surface area (Å²) in [6.45, 7) is 5.75. The number of hydrogen-bond donors (Lipinski definition) is 1. The second-order valence-electron chi connectivity index (χ2n) is 4.88. The van der Waals surface area contributed by atoms with E-state index in [2.05, 4.69) is 5.32 Å². The third-order valence-electron chi connectivity index (χ3n) is 3.19. The standard InChI is InChI=1S/C15H20N2O2S/c1-4-11(2)10-20(19)12(3)15(18)17-14-7-5-13(9-16)6-8-14/h5-8,11-12H,4,10H2,1-3H3,(H,17,18). The summed E-state index contributed by atoms with van der Waals surface area (Å²) in [4.78, 5) is 12.0. The Labute approximate surface area is 122 Å². The van der Waals surface area contributed by atoms with Crippen LogP contribution in [0.4, 0.5) is 5.69 Å². The van der Waals surface area contributed by atoms with Crippen LogP contribution in [-0.2, 0) is 15.6 Å². The van der Waals surface area contributed by atoms with Crippen LogP contribution < -0.4 is 5.32 Å². The Morgan fingerprint density at radius 3 is 2.45 bits per heavy atom. The number of benzene rings is 1. The molecule has 0 saturated carbocycles. The SMILES string of the molecule is CCC(C)CS(=O)C(C)C(=O)Nc1ccc(C#N)cc1. The number of anilines is 1. The van der Waals surface area contributed by atoms with Gasteiger partial charge in [0, 0.05) is 22.2 Å². The van der Waals surface area contributed by atoms with Crippen LogP contribution in [0.25, 0.3) is 0 Å². The second-order valence-corrected chi connectivity index (χ2v) is 6.68. The van der Waals surface area contributed by atoms with E-state index < -0.39 is 16.0 Å². The molecule has 3 unspecified atom stereocenters. The fourth-order valence-corrected chi connectivity index (χ4v) is 2.92. The molecule has 1 N–H and O–H groups in total. The number of hydrogen-bond acceptors (Lipinski definition) is 3. The Bertz CT molecular complexity index is 520. The van der Waals surface area contributed by atoms with Crippen molar-refractivity contribution in [3.63, 3.8) is 0 Å². The summed E-state index contributed by atoms with van der Waals surface area (Å²) < 4.78 is 12.1. The lowest BCUT2D eigenvalue weighted by Gasteiger charge is -2.14. The van der Waals surface area contributed by atoms with Crippen LogP contribution in [0.3, 0.4) is 0 Å². The van der Waals surface area contributed by atoms with Gasteiger partial charge in [-0.2, -0.15) is 5.26 Å². The van der Waals surface area contributed by atoms with Crippen molar-refractivity contribution in [1.29, 1.82) is 5.26 Å². The number of nitriles is 1. The Morgan fingerprint density at radius 1 is 1.35 bits per heavy atom. The third kappa shape index (κ3) is 4.78. The molecule has 0 aliphatic carbocycles. The fraction of sp³-hybridized carbons (Fsp3) is 0.467. The summed E-state index contributed by atoms with van der Waals surface area (Å²) in [5.41, 5.74) is 1.15. The highest BCUT2D eigenvalue weighted by Crippen LogP contribution is 2.12. The average molecular weight is 292 g/mol. The Morgan fingerprint density at radius 2 is 1.95 bits per heavy atom. The van der Waals surface area contributed by atoms with Crippen molar-refractivity contribution in [3.05, 3.63) is 29.8 Å². The molecule has 0 aliphatic heterocycles. The minimum absolute atomic E-state index is 0.253. The lowest BCUT2D eigenvalue weighted by molar-refractivity contribution is -0.115. The first-order valence-electron chi connectivity index (χ1n) is 6.66. The van der Waals surface area contributed by atoms with Gasteiger partial charge in [0.1, 0.15) is 5.25 Å². The van der Waals surface area contributed by atoms with Gasteiger partial charge in [-0.3, -0.25) is 9.00 Å². The summed E-state index contributed by atoms with van der Waals surface area (Å²) in [7, 11) is -1.17. The van der Waals surface area contributed by atoms with Gasteiger partial charge in [0.05, 0.1) is 11.6 Å². The zero-order valence-corrected chi connectivity index (χ0v) is 12.9. The van der Waals surface area contributed by atoms with Crippen molar-refractivity contribution in [2.24, 2.45) is 5.92 Å². The van der Waals surface area contributed by atoms with E-state index in [1.165, 1.54) is 0 Å². The number of amides is 1. The van der Waals surface area contributed by atoms with E-state index in [1.807, 2.05) is 19.9 Å². The van der Waals surface area contributed by atoms with Crippen LogP contribution in [-0.4, -0.2) is 21.1 Å². The van der Waals surface area contributed by atoms with E-state index >= 15 is 0 Å². The van der Waals surface area contributed by atoms with Crippen molar-refractivity contribution in [3.8, 4) is 6.07 Å². The normalized spacial score (nSPS) is 14.9. The summed E-state index contributed by atoms with van der Waals surface area (Å²) in [6.07, 6.45) is 0.954. The van der Waals surface area contributed by atoms with Gasteiger partial charge in [-0.25, -0.2) is 0 Å². The topological polar surface area (TPSA) is 70.0 Å². The van der Waals surface area contributed by atoms with Gasteiger partial charge in [-0.1, -0.05) is 20.3 Å². The fourth-order valence-electron chi connectivity index (χ4n) is 1.53. The van der Waals surface area contributed by atoms with Crippen molar-refractivity contribution >= 4 is 22.4 Å². The molecule has 0 heterocycles. The Hall–Kier alpha value is -1.67. The molecule has 1 aromatic rings. The number of nitrogens with one attached hydrogen (secondary N) is 1. The summed E-state index contributed by atoms with van der Waals surface area (Å²) in [5.74, 6) is 0.635. The van der Waals surface area contributed by atoms with Gasteiger partial charge in [-0.05, 0) is 37.1 Å². The van der Waals surface area contributed by atoms with Gasteiger partial charge in [0.15, 0.2) is 0 Å². The third-order valence-corrected chi connectivity index (χ3v) is 5.09. The molecule has 4 nitrogen and oxygen atoms in total. The van der Waals surface area contributed by atoms with E-state index in [0.29, 0.717) is 22.9 Å². The van der Waals surface area contributed by atoms with Gasteiger partial charge in [0.25, 0.3) is 0 Å². The number of carbonyl (C=O) groups excluding carboxylic acids is 1. The molecule has 0 fully saturated rings. The average Bonchev–Trinajstić information content (AvgIpc) is 2.46. The van der Waals surface area contributed by atoms with Crippen LogP contribution >= 0.6 is 0 Å². The van der Waals surface area contributed by atoms with E-state index in [0.717, 1.165) is 6.42 Å². The largest absolute Gasteiger partial charge is 0.325 e. The lowest BCUT2D eigenvalue weighted by atomic mass is 10.2. The number of carbonyl (C=O) groups is 1. The predicted octanol–water partition coefficient (Wildman–Crippen LogP) is 2.68. The monoisotopic (exact) mass is 292 g/mol. The summed E-state index contributed by atoms with van der Waals surface area (Å²) in [6, 6.07) is 8.62. The van der Waals surface area contributed by atoms with E-state index in [9.17, 15) is 9.00 Å². The molecular formula is C15H20N2O2S. The Balaban J connectivity index is 2.61. The molecule has 1 rings (SSSR count). The van der Waals surface area contributed by atoms with Gasteiger partial charge < -0.3 is 5.32 Å². The molecular weight excluding hydrogens is 272 g/mol. The molecule has 1 amide bonds. The molecule has 5 heteroatoms. The Kier molecular flexibility index (Phi) is 6.40. The van der Waals surface area contributed by atoms with Gasteiger partial charge in [0.2, 0.25) is 5.91 Å². The molecule has 0 aromatic heterocycles. The number of rotatable bonds is 6. The highest BCUT2D eigenvalue weighted by molar-refractivity contribution is 7.86. The van der Waals surface area contributed by atoms with Gasteiger partial charge in [-0.15, -0.1) is 0 Å². The van der Waals surface area contributed by atoms with Crippen molar-refractivity contribution in [2.75, 3.05) is 11.1 Å². The molecule has 0 aliphatic rings. The van der Waals surface area contributed by atoms with Crippen molar-refractivity contribution < 1.29 is 9.00 Å². The molecule has 1 aromatic carbocycles. The highest BCUT2D eigenvalue weighted by atomic mass is 32.2. The first kappa shape index (κ1) is 16.4. The van der Waals surface area contributed by atoms with Crippen molar-refractivity contribution in [2.45, 2.75) is 32.4 Å². The lowest BCUT2D eigenvalue weighted by Crippen LogP contribution is -2.31. The molecule has 20 heavy (non-hydrogen) atoms. The second kappa shape index (κ2) is 7.81. The number of nitrogens with zero attached hydrogens (tertiary/aromatic N) is 1. The van der Waals surface area contributed by atoms with Crippen LogP contribution in [0.15, 0.2) is 24.3 Å². The zero-order valence-electron chi connectivity index (χ0n) is 12.1. The minimum Gasteiger partial charge on any atom is -0.325 e. The molecule has 3 atom stereocenters. The summed E-state index contributed by atoms with van der Waals surface area (Å²) in [5, 5.41) is 10.9. The van der Waals surface area contributed by atoms with E-state index in [4.69, 9.17) is 5.26 Å². The first-order chi connectivity index (χ1) is 9.47. The van der Waals surface area contributed by atoms with E-state index in [-0.39, 0.29) is 5.91 Å². The molecule has 108 valence electrons. The minimum atomic E-state index is -1.17. The zero-order chi connectivity index (χ0) is 15.1. The van der Waals surface area contributed by atoms with Crippen LogP contribution in [0.1, 0.15) is 32.8 Å². The maximum Gasteiger partial charge on any atom is 0.239 e. The van der Waals surface area contributed by atoms with Crippen LogP contribution in [0.5, 0.6) is 0 Å². The molecule has 0 bridgehead atoms. The summed E-state index contributed by atoms with van der Waals surface area (Å²) >= 11 is 0. The van der Waals surface area contributed by atoms with Crippen LogP contribution in [0.2, 0.25) is 0 Å². The quantitative estimate of drug-likeness (QED) is 0.876. The molecule has 0 spiro atoms. The first-order valence-corrected chi connectivity index (χ1v) is 8.04. The molecule has 0 radical (unpaired) electrons. The smallest absolute Gasteiger partial charge is 0.239 e. The highest BCUT2D eigenvalue weighted by Gasteiger charge is 2.21. The van der Waals surface area contributed by atoms with Crippen molar-refractivity contribution in [1.82, 2.24) is 0 Å². The molecule has 0 saturated heterocycles. The van der Waals surface area contributed by atoms with E-state index in [1.54, 1.807) is 31.2 Å². The maximum absolute atomic E-state index is 12.1.